The Hall–Kier alpha value is -2.58. The minimum absolute atomic E-state index is 0.625. The summed E-state index contributed by atoms with van der Waals surface area (Å²) in [5.74, 6) is 0. The van der Waals surface area contributed by atoms with Gasteiger partial charge in [0, 0.05) is 5.52 Å². The van der Waals surface area contributed by atoms with Crippen LogP contribution in [0.2, 0.25) is 0 Å². The second-order valence-corrected chi connectivity index (χ2v) is 5.22. The lowest BCUT2D eigenvalue weighted by Crippen LogP contribution is -2.04. The molecule has 0 aliphatic rings. The van der Waals surface area contributed by atoms with Gasteiger partial charge in [0.25, 0.3) is 0 Å². The molecule has 21 heavy (non-hydrogen) atoms. The van der Waals surface area contributed by atoms with Crippen LogP contribution in [0.5, 0.6) is 0 Å². The molecule has 102 valence electrons. The average Bonchev–Trinajstić information content (AvgIpc) is 2.99. The second kappa shape index (κ2) is 4.76. The van der Waals surface area contributed by atoms with Crippen LogP contribution in [-0.4, -0.2) is 9.51 Å². The van der Waals surface area contributed by atoms with E-state index in [2.05, 4.69) is 28.7 Å². The number of benzene rings is 2. The summed E-state index contributed by atoms with van der Waals surface area (Å²) in [6, 6.07) is 26.3. The summed E-state index contributed by atoms with van der Waals surface area (Å²) in [6.45, 7) is 0. The molecule has 1 N–H and O–H groups in total. The van der Waals surface area contributed by atoms with Crippen molar-refractivity contribution in [2.75, 3.05) is 0 Å². The molecule has 0 aliphatic heterocycles. The van der Waals surface area contributed by atoms with E-state index in [1.807, 2.05) is 54.6 Å². The van der Waals surface area contributed by atoms with Crippen LogP contribution in [0.4, 0.5) is 0 Å². The van der Waals surface area contributed by atoms with Crippen LogP contribution in [-0.2, 0) is 0 Å². The van der Waals surface area contributed by atoms with E-state index < -0.39 is 6.10 Å². The highest BCUT2D eigenvalue weighted by atomic mass is 16.3. The molecular formula is C19H15NO. The smallest absolute Gasteiger partial charge is 0.119 e. The van der Waals surface area contributed by atoms with E-state index in [0.717, 1.165) is 22.3 Å². The lowest BCUT2D eigenvalue weighted by atomic mass is 10.1. The SMILES string of the molecule is OC(c1ccccc1)c1ccc2ccc3ccccc3n12. The third kappa shape index (κ3) is 1.92. The van der Waals surface area contributed by atoms with E-state index in [9.17, 15) is 5.11 Å². The largest absolute Gasteiger partial charge is 0.382 e. The number of nitrogens with zero attached hydrogens (tertiary/aromatic N) is 1. The lowest BCUT2D eigenvalue weighted by Gasteiger charge is -2.13. The number of para-hydroxylation sites is 1. The number of aromatic nitrogens is 1. The molecule has 0 spiro atoms. The normalized spacial score (nSPS) is 12.8. The van der Waals surface area contributed by atoms with Gasteiger partial charge in [0.15, 0.2) is 0 Å². The number of hydrogen-bond donors (Lipinski definition) is 1. The van der Waals surface area contributed by atoms with Gasteiger partial charge in [0.2, 0.25) is 0 Å². The van der Waals surface area contributed by atoms with Gasteiger partial charge in [-0.3, -0.25) is 0 Å². The Morgan fingerprint density at radius 3 is 2.29 bits per heavy atom. The summed E-state index contributed by atoms with van der Waals surface area (Å²) in [4.78, 5) is 0. The molecule has 0 aliphatic carbocycles. The van der Waals surface area contributed by atoms with Gasteiger partial charge >= 0.3 is 0 Å². The summed E-state index contributed by atoms with van der Waals surface area (Å²) in [5, 5.41) is 11.9. The lowest BCUT2D eigenvalue weighted by molar-refractivity contribution is 0.215. The molecule has 1 atom stereocenters. The molecule has 1 unspecified atom stereocenters. The van der Waals surface area contributed by atoms with Crippen LogP contribution < -0.4 is 0 Å². The molecule has 4 rings (SSSR count). The Bertz CT molecular complexity index is 909. The molecule has 0 amide bonds. The van der Waals surface area contributed by atoms with Crippen LogP contribution in [0, 0.1) is 0 Å². The van der Waals surface area contributed by atoms with E-state index in [1.54, 1.807) is 0 Å². The number of rotatable bonds is 2. The molecule has 2 heteroatoms. The first kappa shape index (κ1) is 12.2. The monoisotopic (exact) mass is 273 g/mol. The van der Waals surface area contributed by atoms with Gasteiger partial charge in [0.1, 0.15) is 6.10 Å². The third-order valence-corrected chi connectivity index (χ3v) is 3.95. The number of hydrogen-bond acceptors (Lipinski definition) is 1. The Morgan fingerprint density at radius 2 is 1.43 bits per heavy atom. The fourth-order valence-electron chi connectivity index (χ4n) is 2.90. The van der Waals surface area contributed by atoms with Crippen molar-refractivity contribution >= 4 is 16.4 Å². The maximum atomic E-state index is 10.7. The van der Waals surface area contributed by atoms with Crippen molar-refractivity contribution in [3.05, 3.63) is 90.1 Å². The molecule has 2 nitrogen and oxygen atoms in total. The Morgan fingerprint density at radius 1 is 0.714 bits per heavy atom. The van der Waals surface area contributed by atoms with Crippen molar-refractivity contribution in [1.29, 1.82) is 0 Å². The molecule has 2 heterocycles. The number of aliphatic hydroxyl groups is 1. The van der Waals surface area contributed by atoms with Gasteiger partial charge < -0.3 is 9.51 Å². The summed E-state index contributed by atoms with van der Waals surface area (Å²) in [6.07, 6.45) is -0.625. The highest BCUT2D eigenvalue weighted by Gasteiger charge is 2.15. The van der Waals surface area contributed by atoms with E-state index in [-0.39, 0.29) is 0 Å². The number of pyridine rings is 1. The first-order chi connectivity index (χ1) is 10.3. The van der Waals surface area contributed by atoms with Crippen LogP contribution in [0.3, 0.4) is 0 Å². The first-order valence-corrected chi connectivity index (χ1v) is 7.07. The van der Waals surface area contributed by atoms with Gasteiger partial charge in [-0.15, -0.1) is 0 Å². The van der Waals surface area contributed by atoms with Crippen molar-refractivity contribution in [1.82, 2.24) is 4.40 Å². The maximum Gasteiger partial charge on any atom is 0.119 e. The van der Waals surface area contributed by atoms with Crippen molar-refractivity contribution in [2.24, 2.45) is 0 Å². The topological polar surface area (TPSA) is 24.6 Å². The van der Waals surface area contributed by atoms with Crippen LogP contribution in [0.1, 0.15) is 17.4 Å². The van der Waals surface area contributed by atoms with Crippen molar-refractivity contribution in [3.8, 4) is 0 Å². The highest BCUT2D eigenvalue weighted by molar-refractivity contribution is 5.83. The van der Waals surface area contributed by atoms with Crippen molar-refractivity contribution in [2.45, 2.75) is 6.10 Å². The van der Waals surface area contributed by atoms with Gasteiger partial charge in [-0.1, -0.05) is 54.6 Å². The zero-order chi connectivity index (χ0) is 14.2. The van der Waals surface area contributed by atoms with E-state index in [1.165, 1.54) is 5.39 Å². The number of fused-ring (bicyclic) bond motifs is 3. The predicted octanol–water partition coefficient (Wildman–Crippen LogP) is 4.17. The summed E-state index contributed by atoms with van der Waals surface area (Å²) >= 11 is 0. The molecule has 0 fully saturated rings. The Labute approximate surface area is 122 Å². The molecular weight excluding hydrogens is 258 g/mol. The predicted molar refractivity (Wildman–Crippen MR) is 85.4 cm³/mol. The first-order valence-electron chi connectivity index (χ1n) is 7.07. The Balaban J connectivity index is 1.99. The average molecular weight is 273 g/mol. The van der Waals surface area contributed by atoms with Crippen molar-refractivity contribution < 1.29 is 5.11 Å². The Kier molecular flexibility index (Phi) is 2.76. The molecule has 2 aromatic carbocycles. The quantitative estimate of drug-likeness (QED) is 0.582. The van der Waals surface area contributed by atoms with Crippen LogP contribution >= 0.6 is 0 Å². The minimum atomic E-state index is -0.625. The van der Waals surface area contributed by atoms with Crippen molar-refractivity contribution in [3.63, 3.8) is 0 Å². The second-order valence-electron chi connectivity index (χ2n) is 5.22. The highest BCUT2D eigenvalue weighted by Crippen LogP contribution is 2.27. The molecule has 0 bridgehead atoms. The fraction of sp³-hybridized carbons (Fsp3) is 0.0526. The summed E-state index contributed by atoms with van der Waals surface area (Å²) in [7, 11) is 0. The van der Waals surface area contributed by atoms with Crippen LogP contribution in [0.15, 0.2) is 78.9 Å². The van der Waals surface area contributed by atoms with E-state index in [4.69, 9.17) is 0 Å². The van der Waals surface area contributed by atoms with Gasteiger partial charge in [0.05, 0.1) is 11.2 Å². The van der Waals surface area contributed by atoms with E-state index in [0.29, 0.717) is 0 Å². The van der Waals surface area contributed by atoms with Gasteiger partial charge in [-0.05, 0) is 35.2 Å². The fourth-order valence-corrected chi connectivity index (χ4v) is 2.90. The van der Waals surface area contributed by atoms with Gasteiger partial charge in [-0.25, -0.2) is 0 Å². The summed E-state index contributed by atoms with van der Waals surface area (Å²) < 4.78 is 2.13. The zero-order valence-corrected chi connectivity index (χ0v) is 11.5. The zero-order valence-electron chi connectivity index (χ0n) is 11.5. The molecule has 4 aromatic rings. The third-order valence-electron chi connectivity index (χ3n) is 3.95. The summed E-state index contributed by atoms with van der Waals surface area (Å²) in [5.41, 5.74) is 4.02. The molecule has 2 aromatic heterocycles. The maximum absolute atomic E-state index is 10.7. The molecule has 0 saturated heterocycles. The number of aliphatic hydroxyl groups excluding tert-OH is 1. The van der Waals surface area contributed by atoms with Gasteiger partial charge in [-0.2, -0.15) is 0 Å². The standard InChI is InChI=1S/C19H15NO/c21-19(15-7-2-1-3-8-15)18-13-12-16-11-10-14-6-4-5-9-17(14)20(16)18/h1-13,19,21H. The minimum Gasteiger partial charge on any atom is -0.382 e. The van der Waals surface area contributed by atoms with E-state index >= 15 is 0 Å². The van der Waals surface area contributed by atoms with Crippen LogP contribution in [0.25, 0.3) is 16.4 Å². The molecule has 0 radical (unpaired) electrons. The molecule has 0 saturated carbocycles.